The quantitative estimate of drug-likeness (QED) is 0.149. The summed E-state index contributed by atoms with van der Waals surface area (Å²) in [5.41, 5.74) is 9.68. The van der Waals surface area contributed by atoms with E-state index in [0.717, 1.165) is 39.0 Å². The number of halogens is 1. The summed E-state index contributed by atoms with van der Waals surface area (Å²) < 4.78 is 5.64. The number of nitrogens with one attached hydrogen (secondary N) is 1. The molecule has 9 heteroatoms. The van der Waals surface area contributed by atoms with Crippen LogP contribution in [-0.4, -0.2) is 30.1 Å². The number of hydrogen-bond donors (Lipinski definition) is 1. The van der Waals surface area contributed by atoms with Gasteiger partial charge in [-0.15, -0.1) is 0 Å². The Bertz CT molecular complexity index is 2220. The molecule has 0 spiro atoms. The van der Waals surface area contributed by atoms with Crippen molar-refractivity contribution in [1.29, 1.82) is 0 Å². The summed E-state index contributed by atoms with van der Waals surface area (Å²) in [6, 6.07) is 37.3. The van der Waals surface area contributed by atoms with E-state index >= 15 is 0 Å². The molecule has 1 N–H and O–H groups in total. The van der Waals surface area contributed by atoms with Gasteiger partial charge in [-0.1, -0.05) is 103 Å². The Morgan fingerprint density at radius 3 is 2.09 bits per heavy atom. The summed E-state index contributed by atoms with van der Waals surface area (Å²) in [5, 5.41) is 5.96. The van der Waals surface area contributed by atoms with E-state index in [-0.39, 0.29) is 5.56 Å². The fourth-order valence-electron chi connectivity index (χ4n) is 5.78. The average molecular weight is 610 g/mol. The topological polar surface area (TPSA) is 82.0 Å². The number of anilines is 1. The standard InChI is InChI=1S/C36H28ClN7O/c1-24-35(42(2)44(36(24)45)29-16-10-5-11-17-29)43-32(27-14-8-4-9-15-27)30(26-12-6-3-7-13-26)31-33(38-23-39-34(31)43)41-40-22-25-18-20-28(37)21-19-25/h3-23H,1-2H3,(H,38,39,41)/b40-22+. The molecule has 0 saturated carbocycles. The van der Waals surface area contributed by atoms with Gasteiger partial charge < -0.3 is 0 Å². The van der Waals surface area contributed by atoms with E-state index in [4.69, 9.17) is 16.6 Å². The van der Waals surface area contributed by atoms with Gasteiger partial charge in [0.25, 0.3) is 5.56 Å². The lowest BCUT2D eigenvalue weighted by molar-refractivity contribution is 0.632. The van der Waals surface area contributed by atoms with Gasteiger partial charge in [-0.25, -0.2) is 14.6 Å². The van der Waals surface area contributed by atoms with Crippen molar-refractivity contribution in [1.82, 2.24) is 23.9 Å². The molecular formula is C36H28ClN7O. The number of hydrazone groups is 1. The summed E-state index contributed by atoms with van der Waals surface area (Å²) >= 11 is 6.07. The molecule has 7 aromatic rings. The van der Waals surface area contributed by atoms with Crippen LogP contribution < -0.4 is 11.0 Å². The number of benzene rings is 4. The zero-order chi connectivity index (χ0) is 30.9. The predicted octanol–water partition coefficient (Wildman–Crippen LogP) is 7.65. The van der Waals surface area contributed by atoms with Crippen molar-refractivity contribution in [3.8, 4) is 33.9 Å². The first kappa shape index (κ1) is 28.1. The minimum atomic E-state index is -0.110. The van der Waals surface area contributed by atoms with E-state index in [9.17, 15) is 4.79 Å². The first-order valence-electron chi connectivity index (χ1n) is 14.4. The summed E-state index contributed by atoms with van der Waals surface area (Å²) in [4.78, 5) is 23.4. The Kier molecular flexibility index (Phi) is 7.33. The van der Waals surface area contributed by atoms with E-state index < -0.39 is 0 Å². The van der Waals surface area contributed by atoms with E-state index in [1.54, 1.807) is 10.9 Å². The number of fused-ring (bicyclic) bond motifs is 1. The van der Waals surface area contributed by atoms with Crippen molar-refractivity contribution >= 4 is 34.7 Å². The van der Waals surface area contributed by atoms with Crippen molar-refractivity contribution in [3.05, 3.63) is 148 Å². The van der Waals surface area contributed by atoms with Gasteiger partial charge in [-0.3, -0.25) is 19.5 Å². The van der Waals surface area contributed by atoms with Gasteiger partial charge in [0.2, 0.25) is 0 Å². The second-order valence-electron chi connectivity index (χ2n) is 10.6. The molecule has 0 saturated heterocycles. The minimum absolute atomic E-state index is 0.110. The highest BCUT2D eigenvalue weighted by atomic mass is 35.5. The number of rotatable bonds is 7. The summed E-state index contributed by atoms with van der Waals surface area (Å²) in [6.07, 6.45) is 3.24. The molecule has 0 amide bonds. The maximum atomic E-state index is 13.9. The third kappa shape index (κ3) is 5.01. The molecule has 0 radical (unpaired) electrons. The van der Waals surface area contributed by atoms with Gasteiger partial charge in [-0.2, -0.15) is 5.10 Å². The molecule has 220 valence electrons. The first-order chi connectivity index (χ1) is 22.0. The molecule has 0 atom stereocenters. The van der Waals surface area contributed by atoms with Crippen molar-refractivity contribution in [3.63, 3.8) is 0 Å². The van der Waals surface area contributed by atoms with Gasteiger partial charge >= 0.3 is 0 Å². The van der Waals surface area contributed by atoms with Crippen molar-refractivity contribution < 1.29 is 0 Å². The molecular weight excluding hydrogens is 582 g/mol. The first-order valence-corrected chi connectivity index (χ1v) is 14.8. The highest BCUT2D eigenvalue weighted by molar-refractivity contribution is 6.30. The van der Waals surface area contributed by atoms with Gasteiger partial charge in [0.15, 0.2) is 11.5 Å². The second kappa shape index (κ2) is 11.7. The van der Waals surface area contributed by atoms with Crippen molar-refractivity contribution in [2.24, 2.45) is 12.1 Å². The van der Waals surface area contributed by atoms with Crippen LogP contribution in [-0.2, 0) is 7.05 Å². The van der Waals surface area contributed by atoms with Gasteiger partial charge in [-0.05, 0) is 47.9 Å². The Hall–Kier alpha value is -5.73. The SMILES string of the molecule is Cc1c(-n2c(-c3ccccc3)c(-c3ccccc3)c3c(N/N=C/c4ccc(Cl)cc4)ncnc32)n(C)n(-c2ccccc2)c1=O. The monoisotopic (exact) mass is 609 g/mol. The average Bonchev–Trinajstić information content (AvgIpc) is 3.53. The molecule has 45 heavy (non-hydrogen) atoms. The Morgan fingerprint density at radius 1 is 0.800 bits per heavy atom. The van der Waals surface area contributed by atoms with Crippen LogP contribution in [0.2, 0.25) is 5.02 Å². The van der Waals surface area contributed by atoms with Gasteiger partial charge in [0.1, 0.15) is 12.1 Å². The Labute approximate surface area is 264 Å². The largest absolute Gasteiger partial charge is 0.277 e. The fraction of sp³-hybridized carbons (Fsp3) is 0.0556. The number of para-hydroxylation sites is 1. The van der Waals surface area contributed by atoms with E-state index in [1.807, 2.05) is 110 Å². The third-order valence-electron chi connectivity index (χ3n) is 7.78. The Balaban J connectivity index is 1.55. The molecule has 0 aliphatic carbocycles. The summed E-state index contributed by atoms with van der Waals surface area (Å²) in [5.74, 6) is 1.23. The lowest BCUT2D eigenvalue weighted by atomic mass is 9.99. The van der Waals surface area contributed by atoms with Gasteiger partial charge in [0.05, 0.1) is 28.5 Å². The summed E-state index contributed by atoms with van der Waals surface area (Å²) in [6.45, 7) is 1.86. The summed E-state index contributed by atoms with van der Waals surface area (Å²) in [7, 11) is 1.90. The molecule has 8 nitrogen and oxygen atoms in total. The van der Waals surface area contributed by atoms with Crippen LogP contribution in [0.3, 0.4) is 0 Å². The van der Waals surface area contributed by atoms with Crippen LogP contribution in [0.25, 0.3) is 44.9 Å². The van der Waals surface area contributed by atoms with Crippen molar-refractivity contribution in [2.45, 2.75) is 6.92 Å². The van der Waals surface area contributed by atoms with E-state index in [1.165, 1.54) is 6.33 Å². The fourth-order valence-corrected chi connectivity index (χ4v) is 5.90. The molecule has 0 aliphatic heterocycles. The lowest BCUT2D eigenvalue weighted by Crippen LogP contribution is -2.20. The van der Waals surface area contributed by atoms with E-state index in [2.05, 4.69) is 44.3 Å². The number of aromatic nitrogens is 5. The lowest BCUT2D eigenvalue weighted by Gasteiger charge is -2.15. The molecule has 0 unspecified atom stereocenters. The number of hydrogen-bond acceptors (Lipinski definition) is 5. The maximum absolute atomic E-state index is 13.9. The van der Waals surface area contributed by atoms with Crippen LogP contribution in [0.5, 0.6) is 0 Å². The molecule has 0 bridgehead atoms. The second-order valence-corrected chi connectivity index (χ2v) is 11.0. The third-order valence-corrected chi connectivity index (χ3v) is 8.03. The van der Waals surface area contributed by atoms with Crippen LogP contribution in [0.4, 0.5) is 5.82 Å². The molecule has 3 aromatic heterocycles. The molecule has 0 aliphatic rings. The normalized spacial score (nSPS) is 11.4. The van der Waals surface area contributed by atoms with Crippen molar-refractivity contribution in [2.75, 3.05) is 5.43 Å². The smallest absolute Gasteiger partial charge is 0.276 e. The maximum Gasteiger partial charge on any atom is 0.276 e. The van der Waals surface area contributed by atoms with E-state index in [0.29, 0.717) is 27.9 Å². The minimum Gasteiger partial charge on any atom is -0.277 e. The highest BCUT2D eigenvalue weighted by Gasteiger charge is 2.29. The van der Waals surface area contributed by atoms with Crippen LogP contribution in [0.15, 0.2) is 131 Å². The number of nitrogens with zero attached hydrogens (tertiary/aromatic N) is 6. The van der Waals surface area contributed by atoms with Crippen LogP contribution >= 0.6 is 11.6 Å². The molecule has 7 rings (SSSR count). The molecule has 4 aromatic carbocycles. The highest BCUT2D eigenvalue weighted by Crippen LogP contribution is 2.44. The predicted molar refractivity (Wildman–Crippen MR) is 182 cm³/mol. The zero-order valence-electron chi connectivity index (χ0n) is 24.6. The zero-order valence-corrected chi connectivity index (χ0v) is 25.3. The van der Waals surface area contributed by atoms with Crippen LogP contribution in [0, 0.1) is 6.92 Å². The Morgan fingerprint density at radius 2 is 1.42 bits per heavy atom. The molecule has 3 heterocycles. The molecule has 0 fully saturated rings. The van der Waals surface area contributed by atoms with Crippen LogP contribution in [0.1, 0.15) is 11.1 Å². The van der Waals surface area contributed by atoms with Gasteiger partial charge in [0, 0.05) is 17.6 Å².